The zero-order valence-corrected chi connectivity index (χ0v) is 12.5. The van der Waals surface area contributed by atoms with Gasteiger partial charge in [0.2, 0.25) is 0 Å². The van der Waals surface area contributed by atoms with Gasteiger partial charge in [-0.2, -0.15) is 0 Å². The molecule has 0 saturated heterocycles. The molecule has 2 rings (SSSR count). The molecule has 1 fully saturated rings. The Morgan fingerprint density at radius 1 is 1.24 bits per heavy atom. The number of hydrogen-bond donors (Lipinski definition) is 0. The molecule has 1 aliphatic rings. The zero-order valence-electron chi connectivity index (χ0n) is 10.9. The maximum atomic E-state index is 4.48. The minimum atomic E-state index is 0.251. The molecule has 0 radical (unpaired) electrons. The van der Waals surface area contributed by atoms with Crippen LogP contribution in [0.4, 0.5) is 0 Å². The third-order valence-corrected chi connectivity index (χ3v) is 4.39. The van der Waals surface area contributed by atoms with E-state index < -0.39 is 0 Å². The van der Waals surface area contributed by atoms with E-state index in [1.807, 2.05) is 0 Å². The van der Waals surface area contributed by atoms with Crippen LogP contribution < -0.4 is 0 Å². The van der Waals surface area contributed by atoms with E-state index in [-0.39, 0.29) is 5.41 Å². The molecule has 1 aromatic heterocycles. The maximum Gasteiger partial charge on any atom is 0.143 e. The van der Waals surface area contributed by atoms with Gasteiger partial charge in [0.25, 0.3) is 0 Å². The second kappa shape index (κ2) is 5.51. The topological polar surface area (TPSA) is 30.7 Å². The molecule has 4 heteroatoms. The molecule has 0 unspecified atom stereocenters. The zero-order chi connectivity index (χ0) is 12.3. The van der Waals surface area contributed by atoms with Crippen molar-refractivity contribution in [2.45, 2.75) is 69.7 Å². The lowest BCUT2D eigenvalue weighted by atomic mass is 9.75. The summed E-state index contributed by atoms with van der Waals surface area (Å²) in [6, 6.07) is 0. The van der Waals surface area contributed by atoms with Crippen LogP contribution >= 0.6 is 15.9 Å². The largest absolute Gasteiger partial charge is 0.314 e. The first kappa shape index (κ1) is 13.1. The molecule has 0 amide bonds. The van der Waals surface area contributed by atoms with Gasteiger partial charge in [0, 0.05) is 12.0 Å². The van der Waals surface area contributed by atoms with Gasteiger partial charge in [-0.25, -0.2) is 0 Å². The summed E-state index contributed by atoms with van der Waals surface area (Å²) in [7, 11) is 0. The highest BCUT2D eigenvalue weighted by Crippen LogP contribution is 2.38. The molecule has 0 atom stereocenters. The van der Waals surface area contributed by atoms with Crippen molar-refractivity contribution in [1.82, 2.24) is 14.8 Å². The molecule has 1 aliphatic carbocycles. The van der Waals surface area contributed by atoms with Crippen molar-refractivity contribution in [3.63, 3.8) is 0 Å². The Labute approximate surface area is 112 Å². The number of nitrogens with zero attached hydrogens (tertiary/aromatic N) is 3. The molecule has 0 spiro atoms. The van der Waals surface area contributed by atoms with Crippen molar-refractivity contribution in [2.24, 2.45) is 0 Å². The Morgan fingerprint density at radius 2 is 1.94 bits per heavy atom. The fourth-order valence-electron chi connectivity index (χ4n) is 2.89. The van der Waals surface area contributed by atoms with E-state index in [1.54, 1.807) is 0 Å². The number of aromatic nitrogens is 3. The fourth-order valence-corrected chi connectivity index (χ4v) is 3.31. The Kier molecular flexibility index (Phi) is 4.23. The number of rotatable bonds is 4. The Hall–Kier alpha value is -0.380. The van der Waals surface area contributed by atoms with Crippen LogP contribution in [0, 0.1) is 0 Å². The summed E-state index contributed by atoms with van der Waals surface area (Å²) in [5, 5.41) is 9.63. The van der Waals surface area contributed by atoms with Crippen molar-refractivity contribution < 1.29 is 0 Å². The van der Waals surface area contributed by atoms with Crippen LogP contribution in [0.15, 0.2) is 0 Å². The van der Waals surface area contributed by atoms with Crippen LogP contribution in [0.2, 0.25) is 0 Å². The highest BCUT2D eigenvalue weighted by atomic mass is 79.9. The van der Waals surface area contributed by atoms with Crippen LogP contribution in [0.5, 0.6) is 0 Å². The smallest absolute Gasteiger partial charge is 0.143 e. The predicted molar refractivity (Wildman–Crippen MR) is 73.4 cm³/mol. The first-order valence-corrected chi connectivity index (χ1v) is 7.82. The normalized spacial score (nSPS) is 19.5. The minimum Gasteiger partial charge on any atom is -0.314 e. The molecule has 0 N–H and O–H groups in total. The van der Waals surface area contributed by atoms with E-state index in [0.29, 0.717) is 0 Å². The van der Waals surface area contributed by atoms with Crippen molar-refractivity contribution in [3.05, 3.63) is 11.6 Å². The molecule has 1 saturated carbocycles. The van der Waals surface area contributed by atoms with Crippen LogP contribution in [0.3, 0.4) is 0 Å². The number of halogens is 1. The molecule has 3 nitrogen and oxygen atoms in total. The summed E-state index contributed by atoms with van der Waals surface area (Å²) < 4.78 is 2.33. The van der Waals surface area contributed by atoms with Crippen LogP contribution in [-0.4, -0.2) is 14.8 Å². The van der Waals surface area contributed by atoms with E-state index in [9.17, 15) is 0 Å². The summed E-state index contributed by atoms with van der Waals surface area (Å²) in [5.41, 5.74) is 0.251. The summed E-state index contributed by atoms with van der Waals surface area (Å²) in [5.74, 6) is 2.29. The van der Waals surface area contributed by atoms with Gasteiger partial charge in [-0.3, -0.25) is 0 Å². The summed E-state index contributed by atoms with van der Waals surface area (Å²) >= 11 is 3.51. The van der Waals surface area contributed by atoms with E-state index in [2.05, 4.69) is 44.5 Å². The fraction of sp³-hybridized carbons (Fsp3) is 0.846. The monoisotopic (exact) mass is 299 g/mol. The SMILES string of the molecule is CCCn1c(CBr)nnc1C1(C)CCCCC1. The lowest BCUT2D eigenvalue weighted by molar-refractivity contribution is 0.292. The molecule has 1 heterocycles. The first-order chi connectivity index (χ1) is 8.21. The second-order valence-electron chi connectivity index (χ2n) is 5.35. The average Bonchev–Trinajstić information content (AvgIpc) is 2.74. The van der Waals surface area contributed by atoms with Gasteiger partial charge in [-0.05, 0) is 19.3 Å². The van der Waals surface area contributed by atoms with Crippen molar-refractivity contribution in [1.29, 1.82) is 0 Å². The Bertz CT molecular complexity index is 367. The summed E-state index contributed by atoms with van der Waals surface area (Å²) in [4.78, 5) is 0. The molecule has 0 aliphatic heterocycles. The van der Waals surface area contributed by atoms with Gasteiger partial charge in [0.05, 0.1) is 5.33 Å². The third kappa shape index (κ3) is 2.56. The lowest BCUT2D eigenvalue weighted by Crippen LogP contribution is -2.29. The van der Waals surface area contributed by atoms with Gasteiger partial charge >= 0.3 is 0 Å². The van der Waals surface area contributed by atoms with E-state index in [4.69, 9.17) is 0 Å². The third-order valence-electron chi connectivity index (χ3n) is 3.89. The maximum absolute atomic E-state index is 4.48. The van der Waals surface area contributed by atoms with E-state index in [0.717, 1.165) is 24.1 Å². The van der Waals surface area contributed by atoms with E-state index >= 15 is 0 Å². The quantitative estimate of drug-likeness (QED) is 0.792. The van der Waals surface area contributed by atoms with Gasteiger partial charge < -0.3 is 4.57 Å². The van der Waals surface area contributed by atoms with E-state index in [1.165, 1.54) is 37.9 Å². The lowest BCUT2D eigenvalue weighted by Gasteiger charge is -2.33. The molecular weight excluding hydrogens is 278 g/mol. The van der Waals surface area contributed by atoms with Gasteiger partial charge in [0.1, 0.15) is 11.6 Å². The molecule has 1 aromatic rings. The molecule has 0 bridgehead atoms. The van der Waals surface area contributed by atoms with Gasteiger partial charge in [-0.1, -0.05) is 49.0 Å². The van der Waals surface area contributed by atoms with Crippen molar-refractivity contribution >= 4 is 15.9 Å². The highest BCUT2D eigenvalue weighted by molar-refractivity contribution is 9.08. The van der Waals surface area contributed by atoms with Crippen LogP contribution in [0.25, 0.3) is 0 Å². The standard InChI is InChI=1S/C13H22BrN3/c1-3-9-17-11(10-14)15-16-12(17)13(2)7-5-4-6-8-13/h3-10H2,1-2H3. The van der Waals surface area contributed by atoms with Crippen molar-refractivity contribution in [3.8, 4) is 0 Å². The minimum absolute atomic E-state index is 0.251. The Morgan fingerprint density at radius 3 is 2.53 bits per heavy atom. The van der Waals surface area contributed by atoms with Crippen LogP contribution in [0.1, 0.15) is 64.0 Å². The average molecular weight is 300 g/mol. The van der Waals surface area contributed by atoms with Crippen molar-refractivity contribution in [2.75, 3.05) is 0 Å². The number of hydrogen-bond acceptors (Lipinski definition) is 2. The molecule has 0 aromatic carbocycles. The molecular formula is C13H22BrN3. The number of alkyl halides is 1. The van der Waals surface area contributed by atoms with Gasteiger partial charge in [0.15, 0.2) is 0 Å². The van der Waals surface area contributed by atoms with Crippen LogP contribution in [-0.2, 0) is 17.3 Å². The Balaban J connectivity index is 2.32. The highest BCUT2D eigenvalue weighted by Gasteiger charge is 2.34. The predicted octanol–water partition coefficient (Wildman–Crippen LogP) is 3.80. The summed E-state index contributed by atoms with van der Waals surface area (Å²) in [6.45, 7) is 5.62. The van der Waals surface area contributed by atoms with Gasteiger partial charge in [-0.15, -0.1) is 10.2 Å². The molecule has 96 valence electrons. The first-order valence-electron chi connectivity index (χ1n) is 6.70. The summed E-state index contributed by atoms with van der Waals surface area (Å²) in [6.07, 6.45) is 7.70. The second-order valence-corrected chi connectivity index (χ2v) is 5.91. The molecule has 17 heavy (non-hydrogen) atoms.